The molecule has 20 heavy (non-hydrogen) atoms. The van der Waals surface area contributed by atoms with Gasteiger partial charge in [-0.25, -0.2) is 0 Å². The quantitative estimate of drug-likeness (QED) is 0.931. The summed E-state index contributed by atoms with van der Waals surface area (Å²) in [6.07, 6.45) is 3.62. The summed E-state index contributed by atoms with van der Waals surface area (Å²) in [5, 5.41) is 9.11. The van der Waals surface area contributed by atoms with Crippen LogP contribution in [0.1, 0.15) is 42.7 Å². The minimum Gasteiger partial charge on any atom is -0.481 e. The largest absolute Gasteiger partial charge is 0.481 e. The molecule has 2 aliphatic heterocycles. The molecular weight excluding hydrogens is 282 g/mol. The van der Waals surface area contributed by atoms with Crippen molar-refractivity contribution in [2.24, 2.45) is 5.92 Å². The maximum Gasteiger partial charge on any atom is 0.303 e. The molecule has 6 heteroatoms. The molecular formula is C14H16ClNO4. The zero-order valence-electron chi connectivity index (χ0n) is 10.9. The smallest absolute Gasteiger partial charge is 0.303 e. The van der Waals surface area contributed by atoms with Crippen LogP contribution in [0.2, 0.25) is 5.22 Å². The van der Waals surface area contributed by atoms with Crippen LogP contribution < -0.4 is 0 Å². The Balaban J connectivity index is 1.74. The highest BCUT2D eigenvalue weighted by Gasteiger charge is 2.44. The van der Waals surface area contributed by atoms with E-state index in [9.17, 15) is 9.59 Å². The first kappa shape index (κ1) is 13.5. The number of aliphatic carboxylic acids is 1. The van der Waals surface area contributed by atoms with Crippen LogP contribution >= 0.6 is 11.6 Å². The van der Waals surface area contributed by atoms with Gasteiger partial charge in [0.15, 0.2) is 11.0 Å². The van der Waals surface area contributed by atoms with E-state index in [4.69, 9.17) is 21.1 Å². The number of carbonyl (C=O) groups is 2. The third kappa shape index (κ3) is 2.42. The van der Waals surface area contributed by atoms with E-state index >= 15 is 0 Å². The van der Waals surface area contributed by atoms with Gasteiger partial charge in [-0.3, -0.25) is 9.59 Å². The van der Waals surface area contributed by atoms with Crippen LogP contribution in [-0.2, 0) is 4.79 Å². The third-order valence-corrected chi connectivity index (χ3v) is 4.52. The van der Waals surface area contributed by atoms with Crippen molar-refractivity contribution in [2.45, 2.75) is 44.2 Å². The molecule has 2 fully saturated rings. The molecule has 108 valence electrons. The van der Waals surface area contributed by atoms with Gasteiger partial charge in [-0.15, -0.1) is 0 Å². The molecule has 0 radical (unpaired) electrons. The van der Waals surface area contributed by atoms with Crippen LogP contribution in [0.5, 0.6) is 0 Å². The number of carbonyl (C=O) groups excluding carboxylic acids is 1. The lowest BCUT2D eigenvalue weighted by molar-refractivity contribution is -0.138. The van der Waals surface area contributed by atoms with Crippen molar-refractivity contribution in [2.75, 3.05) is 0 Å². The highest BCUT2D eigenvalue weighted by atomic mass is 35.5. The summed E-state index contributed by atoms with van der Waals surface area (Å²) in [5.41, 5.74) is 0. The Morgan fingerprint density at radius 1 is 1.30 bits per heavy atom. The molecule has 0 aliphatic carbocycles. The zero-order valence-corrected chi connectivity index (χ0v) is 11.7. The predicted molar refractivity (Wildman–Crippen MR) is 71.7 cm³/mol. The molecule has 3 rings (SSSR count). The standard InChI is InChI=1S/C14H16ClNO4/c15-12-4-3-11(20-12)14(19)16-9-1-2-10(16)6-8(5-9)7-13(17)18/h3-4,8-10H,1-2,5-7H2,(H,17,18). The van der Waals surface area contributed by atoms with Crippen LogP contribution in [0.4, 0.5) is 0 Å². The Morgan fingerprint density at radius 2 is 1.95 bits per heavy atom. The van der Waals surface area contributed by atoms with Gasteiger partial charge >= 0.3 is 5.97 Å². The maximum absolute atomic E-state index is 12.5. The highest BCUT2D eigenvalue weighted by Crippen LogP contribution is 2.40. The normalized spacial score (nSPS) is 28.6. The number of fused-ring (bicyclic) bond motifs is 2. The van der Waals surface area contributed by atoms with Crippen molar-refractivity contribution >= 4 is 23.5 Å². The fourth-order valence-corrected chi connectivity index (χ4v) is 3.74. The molecule has 1 aromatic heterocycles. The van der Waals surface area contributed by atoms with Gasteiger partial charge in [-0.2, -0.15) is 0 Å². The number of piperidine rings is 1. The molecule has 2 atom stereocenters. The average Bonchev–Trinajstić information content (AvgIpc) is 2.91. The highest BCUT2D eigenvalue weighted by molar-refractivity contribution is 6.29. The summed E-state index contributed by atoms with van der Waals surface area (Å²) in [7, 11) is 0. The van der Waals surface area contributed by atoms with E-state index in [0.717, 1.165) is 25.7 Å². The minimum absolute atomic E-state index is 0.127. The molecule has 0 aromatic carbocycles. The number of carboxylic acids is 1. The van der Waals surface area contributed by atoms with Gasteiger partial charge in [-0.1, -0.05) is 0 Å². The Hall–Kier alpha value is -1.49. The van der Waals surface area contributed by atoms with E-state index in [1.54, 1.807) is 12.1 Å². The van der Waals surface area contributed by atoms with Gasteiger partial charge in [0.2, 0.25) is 0 Å². The van der Waals surface area contributed by atoms with Crippen molar-refractivity contribution in [3.05, 3.63) is 23.1 Å². The molecule has 1 aromatic rings. The Kier molecular flexibility index (Phi) is 3.46. The van der Waals surface area contributed by atoms with Crippen molar-refractivity contribution in [1.82, 2.24) is 4.90 Å². The van der Waals surface area contributed by atoms with Crippen LogP contribution in [0.15, 0.2) is 16.5 Å². The minimum atomic E-state index is -0.757. The summed E-state index contributed by atoms with van der Waals surface area (Å²) >= 11 is 5.71. The van der Waals surface area contributed by atoms with E-state index in [-0.39, 0.29) is 41.3 Å². The van der Waals surface area contributed by atoms with E-state index < -0.39 is 5.97 Å². The lowest BCUT2D eigenvalue weighted by atomic mass is 9.88. The van der Waals surface area contributed by atoms with Crippen molar-refractivity contribution in [3.8, 4) is 0 Å². The zero-order chi connectivity index (χ0) is 14.3. The Labute approximate surface area is 121 Å². The number of amides is 1. The average molecular weight is 298 g/mol. The molecule has 2 bridgehead atoms. The number of carboxylic acid groups (broad SMARTS) is 1. The molecule has 2 unspecified atom stereocenters. The summed E-state index contributed by atoms with van der Waals surface area (Å²) in [5.74, 6) is -0.442. The van der Waals surface area contributed by atoms with Crippen LogP contribution in [0.25, 0.3) is 0 Å². The van der Waals surface area contributed by atoms with E-state index in [1.807, 2.05) is 4.90 Å². The maximum atomic E-state index is 12.5. The fraction of sp³-hybridized carbons (Fsp3) is 0.571. The Bertz CT molecular complexity index is 527. The second kappa shape index (κ2) is 5.13. The summed E-state index contributed by atoms with van der Waals surface area (Å²) in [6.45, 7) is 0. The molecule has 3 heterocycles. The van der Waals surface area contributed by atoms with Gasteiger partial charge in [0.25, 0.3) is 5.91 Å². The van der Waals surface area contributed by atoms with Gasteiger partial charge in [0.05, 0.1) is 0 Å². The van der Waals surface area contributed by atoms with E-state index in [2.05, 4.69) is 0 Å². The van der Waals surface area contributed by atoms with Gasteiger partial charge in [0, 0.05) is 18.5 Å². The van der Waals surface area contributed by atoms with E-state index in [0.29, 0.717) is 0 Å². The van der Waals surface area contributed by atoms with E-state index in [1.165, 1.54) is 0 Å². The second-order valence-corrected chi connectivity index (χ2v) is 6.01. The first-order valence-electron chi connectivity index (χ1n) is 6.84. The first-order chi connectivity index (χ1) is 9.54. The van der Waals surface area contributed by atoms with Crippen LogP contribution in [-0.4, -0.2) is 34.0 Å². The summed E-state index contributed by atoms with van der Waals surface area (Å²) in [6, 6.07) is 3.42. The summed E-state index contributed by atoms with van der Waals surface area (Å²) < 4.78 is 5.19. The number of hydrogen-bond donors (Lipinski definition) is 1. The summed E-state index contributed by atoms with van der Waals surface area (Å²) in [4.78, 5) is 25.2. The number of nitrogens with zero attached hydrogens (tertiary/aromatic N) is 1. The molecule has 5 nitrogen and oxygen atoms in total. The van der Waals surface area contributed by atoms with Crippen molar-refractivity contribution in [1.29, 1.82) is 0 Å². The van der Waals surface area contributed by atoms with Crippen molar-refractivity contribution in [3.63, 3.8) is 0 Å². The lowest BCUT2D eigenvalue weighted by Crippen LogP contribution is -2.46. The van der Waals surface area contributed by atoms with Crippen LogP contribution in [0, 0.1) is 5.92 Å². The molecule has 0 spiro atoms. The predicted octanol–water partition coefficient (Wildman–Crippen LogP) is 2.79. The molecule has 2 aliphatic rings. The first-order valence-corrected chi connectivity index (χ1v) is 7.22. The number of hydrogen-bond acceptors (Lipinski definition) is 3. The molecule has 1 N–H and O–H groups in total. The topological polar surface area (TPSA) is 70.8 Å². The number of halogens is 1. The molecule has 2 saturated heterocycles. The Morgan fingerprint density at radius 3 is 2.45 bits per heavy atom. The molecule has 1 amide bonds. The second-order valence-electron chi connectivity index (χ2n) is 5.64. The van der Waals surface area contributed by atoms with Crippen molar-refractivity contribution < 1.29 is 19.1 Å². The van der Waals surface area contributed by atoms with Gasteiger partial charge < -0.3 is 14.4 Å². The third-order valence-electron chi connectivity index (χ3n) is 4.31. The monoisotopic (exact) mass is 297 g/mol. The number of rotatable bonds is 3. The van der Waals surface area contributed by atoms with Crippen LogP contribution in [0.3, 0.4) is 0 Å². The SMILES string of the molecule is O=C(O)CC1CC2CCC(C1)N2C(=O)c1ccc(Cl)o1. The molecule has 0 saturated carbocycles. The lowest BCUT2D eigenvalue weighted by Gasteiger charge is -2.38. The number of furan rings is 1. The van der Waals surface area contributed by atoms with Gasteiger partial charge in [0.1, 0.15) is 0 Å². The van der Waals surface area contributed by atoms with Gasteiger partial charge in [-0.05, 0) is 55.3 Å². The fourth-order valence-electron chi connectivity index (χ4n) is 3.59.